The number of rotatable bonds is 2. The van der Waals surface area contributed by atoms with Crippen LogP contribution in [0.1, 0.15) is 47.5 Å². The van der Waals surface area contributed by atoms with Crippen molar-refractivity contribution >= 4 is 0 Å². The molecule has 0 N–H and O–H groups in total. The van der Waals surface area contributed by atoms with Crippen molar-refractivity contribution in [3.63, 3.8) is 0 Å². The molecule has 0 heteroatoms. The summed E-state index contributed by atoms with van der Waals surface area (Å²) >= 11 is 0. The lowest BCUT2D eigenvalue weighted by molar-refractivity contribution is 0.286. The van der Waals surface area contributed by atoms with E-state index in [1.807, 2.05) is 6.92 Å². The van der Waals surface area contributed by atoms with Gasteiger partial charge in [-0.15, -0.1) is 5.92 Å². The maximum absolute atomic E-state index is 3.27. The molecule has 64 valence electrons. The first-order valence-electron chi connectivity index (χ1n) is 4.44. The zero-order chi connectivity index (χ0) is 8.91. The predicted octanol–water partition coefficient (Wildman–Crippen LogP) is 3.47. The fraction of sp³-hybridized carbons (Fsp3) is 0.818. The molecule has 0 saturated heterocycles. The minimum atomic E-state index is 0.346. The van der Waals surface area contributed by atoms with Gasteiger partial charge in [-0.2, -0.15) is 0 Å². The summed E-state index contributed by atoms with van der Waals surface area (Å²) in [5.41, 5.74) is 0.346. The Bertz CT molecular complexity index is 149. The lowest BCUT2D eigenvalue weighted by Crippen LogP contribution is -2.18. The Morgan fingerprint density at radius 1 is 1.27 bits per heavy atom. The maximum atomic E-state index is 3.27. The lowest BCUT2D eigenvalue weighted by atomic mass is 9.79. The zero-order valence-corrected chi connectivity index (χ0v) is 8.49. The summed E-state index contributed by atoms with van der Waals surface area (Å²) < 4.78 is 0. The Morgan fingerprint density at radius 2 is 1.82 bits per heavy atom. The summed E-state index contributed by atoms with van der Waals surface area (Å²) in [6.07, 6.45) is 2.46. The summed E-state index contributed by atoms with van der Waals surface area (Å²) in [6.45, 7) is 10.9. The highest BCUT2D eigenvalue weighted by atomic mass is 14.2. The summed E-state index contributed by atoms with van der Waals surface area (Å²) in [5, 5.41) is 0. The van der Waals surface area contributed by atoms with Gasteiger partial charge in [-0.1, -0.05) is 40.0 Å². The average molecular weight is 152 g/mol. The molecule has 0 aromatic carbocycles. The van der Waals surface area contributed by atoms with E-state index in [4.69, 9.17) is 0 Å². The monoisotopic (exact) mass is 152 g/mol. The highest BCUT2D eigenvalue weighted by Crippen LogP contribution is 2.28. The topological polar surface area (TPSA) is 0 Å². The quantitative estimate of drug-likeness (QED) is 0.531. The Balaban J connectivity index is 4.18. The molecule has 0 aromatic rings. The van der Waals surface area contributed by atoms with Gasteiger partial charge in [-0.3, -0.25) is 0 Å². The minimum Gasteiger partial charge on any atom is -0.106 e. The van der Waals surface area contributed by atoms with Gasteiger partial charge in [0.15, 0.2) is 0 Å². The van der Waals surface area contributed by atoms with Crippen molar-refractivity contribution in [2.45, 2.75) is 47.5 Å². The van der Waals surface area contributed by atoms with Gasteiger partial charge in [0.1, 0.15) is 0 Å². The Kier molecular flexibility index (Phi) is 4.26. The SMILES string of the molecule is CC#CC(CCC)C(C)(C)C. The standard InChI is InChI=1S/C11H20/c1-6-8-10(9-7-2)11(3,4)5/h10H,6,8H2,1-5H3. The van der Waals surface area contributed by atoms with Crippen LogP contribution in [0.4, 0.5) is 0 Å². The molecular formula is C11H20. The number of hydrogen-bond acceptors (Lipinski definition) is 0. The number of hydrogen-bond donors (Lipinski definition) is 0. The van der Waals surface area contributed by atoms with Crippen molar-refractivity contribution in [1.82, 2.24) is 0 Å². The Labute approximate surface area is 71.4 Å². The van der Waals surface area contributed by atoms with Crippen molar-refractivity contribution in [3.05, 3.63) is 0 Å². The van der Waals surface area contributed by atoms with E-state index in [-0.39, 0.29) is 0 Å². The molecule has 1 atom stereocenters. The summed E-state index contributed by atoms with van der Waals surface area (Å²) in [7, 11) is 0. The predicted molar refractivity (Wildman–Crippen MR) is 51.3 cm³/mol. The van der Waals surface area contributed by atoms with Crippen molar-refractivity contribution in [1.29, 1.82) is 0 Å². The zero-order valence-electron chi connectivity index (χ0n) is 8.49. The largest absolute Gasteiger partial charge is 0.106 e. The van der Waals surface area contributed by atoms with E-state index in [0.29, 0.717) is 11.3 Å². The molecule has 0 aromatic heterocycles. The van der Waals surface area contributed by atoms with Crippen LogP contribution in [0.25, 0.3) is 0 Å². The normalized spacial score (nSPS) is 13.5. The Hall–Kier alpha value is -0.440. The molecule has 0 rings (SSSR count). The van der Waals surface area contributed by atoms with E-state index in [1.165, 1.54) is 12.8 Å². The molecule has 11 heavy (non-hydrogen) atoms. The van der Waals surface area contributed by atoms with Crippen LogP contribution in [0.5, 0.6) is 0 Å². The van der Waals surface area contributed by atoms with E-state index >= 15 is 0 Å². The van der Waals surface area contributed by atoms with Gasteiger partial charge >= 0.3 is 0 Å². The van der Waals surface area contributed by atoms with Crippen LogP contribution < -0.4 is 0 Å². The second-order valence-electron chi connectivity index (χ2n) is 4.10. The van der Waals surface area contributed by atoms with Gasteiger partial charge in [-0.25, -0.2) is 0 Å². The van der Waals surface area contributed by atoms with Crippen molar-refractivity contribution < 1.29 is 0 Å². The van der Waals surface area contributed by atoms with E-state index in [0.717, 1.165) is 0 Å². The van der Waals surface area contributed by atoms with E-state index in [9.17, 15) is 0 Å². The highest BCUT2D eigenvalue weighted by Gasteiger charge is 2.21. The van der Waals surface area contributed by atoms with Crippen LogP contribution in [0.2, 0.25) is 0 Å². The van der Waals surface area contributed by atoms with Crippen LogP contribution in [-0.4, -0.2) is 0 Å². The van der Waals surface area contributed by atoms with Gasteiger partial charge in [-0.05, 0) is 18.8 Å². The minimum absolute atomic E-state index is 0.346. The summed E-state index contributed by atoms with van der Waals surface area (Å²) in [4.78, 5) is 0. The molecular weight excluding hydrogens is 132 g/mol. The lowest BCUT2D eigenvalue weighted by Gasteiger charge is -2.25. The van der Waals surface area contributed by atoms with Gasteiger partial charge in [0, 0.05) is 5.92 Å². The third-order valence-electron chi connectivity index (χ3n) is 1.94. The molecule has 0 aliphatic carbocycles. The van der Waals surface area contributed by atoms with Gasteiger partial charge in [0.25, 0.3) is 0 Å². The van der Waals surface area contributed by atoms with Crippen LogP contribution in [-0.2, 0) is 0 Å². The van der Waals surface area contributed by atoms with E-state index in [2.05, 4.69) is 39.5 Å². The highest BCUT2D eigenvalue weighted by molar-refractivity contribution is 5.04. The van der Waals surface area contributed by atoms with Crippen molar-refractivity contribution in [2.75, 3.05) is 0 Å². The smallest absolute Gasteiger partial charge is 0.0251 e. The molecule has 0 fully saturated rings. The molecule has 0 aliphatic heterocycles. The van der Waals surface area contributed by atoms with Crippen molar-refractivity contribution in [2.24, 2.45) is 11.3 Å². The molecule has 0 heterocycles. The van der Waals surface area contributed by atoms with Gasteiger partial charge in [0.2, 0.25) is 0 Å². The summed E-state index contributed by atoms with van der Waals surface area (Å²) in [6, 6.07) is 0. The molecule has 0 nitrogen and oxygen atoms in total. The van der Waals surface area contributed by atoms with Crippen LogP contribution >= 0.6 is 0 Å². The van der Waals surface area contributed by atoms with Gasteiger partial charge < -0.3 is 0 Å². The van der Waals surface area contributed by atoms with Gasteiger partial charge in [0.05, 0.1) is 0 Å². The molecule has 0 radical (unpaired) electrons. The first-order valence-corrected chi connectivity index (χ1v) is 4.44. The summed E-state index contributed by atoms with van der Waals surface area (Å²) in [5.74, 6) is 6.85. The maximum Gasteiger partial charge on any atom is 0.0251 e. The van der Waals surface area contributed by atoms with Crippen molar-refractivity contribution in [3.8, 4) is 11.8 Å². The first kappa shape index (κ1) is 10.6. The van der Waals surface area contributed by atoms with E-state index in [1.54, 1.807) is 0 Å². The molecule has 0 saturated carbocycles. The Morgan fingerprint density at radius 3 is 2.09 bits per heavy atom. The second kappa shape index (κ2) is 4.44. The molecule has 0 bridgehead atoms. The molecule has 0 spiro atoms. The fourth-order valence-corrected chi connectivity index (χ4v) is 1.18. The van der Waals surface area contributed by atoms with Crippen LogP contribution in [0.15, 0.2) is 0 Å². The van der Waals surface area contributed by atoms with E-state index < -0.39 is 0 Å². The second-order valence-corrected chi connectivity index (χ2v) is 4.10. The molecule has 0 amide bonds. The molecule has 1 unspecified atom stereocenters. The average Bonchev–Trinajstić information content (AvgIpc) is 1.85. The fourth-order valence-electron chi connectivity index (χ4n) is 1.18. The third-order valence-corrected chi connectivity index (χ3v) is 1.94. The van der Waals surface area contributed by atoms with Crippen LogP contribution in [0, 0.1) is 23.2 Å². The van der Waals surface area contributed by atoms with Crippen LogP contribution in [0.3, 0.4) is 0 Å². The first-order chi connectivity index (χ1) is 5.02. The molecule has 0 aliphatic rings. The third kappa shape index (κ3) is 4.09.